The number of H-pyrrole nitrogens is 1. The van der Waals surface area contributed by atoms with Gasteiger partial charge in [0.25, 0.3) is 0 Å². The molecule has 0 spiro atoms. The number of aromatic nitrogens is 1. The quantitative estimate of drug-likeness (QED) is 0.630. The average Bonchev–Trinajstić information content (AvgIpc) is 3.33. The number of nitrogens with one attached hydrogen (secondary N) is 2. The number of likely N-dealkylation sites (tertiary alicyclic amines) is 1. The standard InChI is InChI=1S/C23H24FN3O3/c1-30-19-5-2-15(3-6-19)12-26-23(29)17-10-22(28)27(14-17)9-8-16-13-25-21-7-4-18(24)11-20(16)21/h2-7,11,13,17,25H,8-10,12,14H2,1H3,(H,26,29)/t17-/m0/s1. The molecule has 1 aliphatic rings. The first-order valence-electron chi connectivity index (χ1n) is 9.97. The summed E-state index contributed by atoms with van der Waals surface area (Å²) in [5.41, 5.74) is 2.80. The number of halogens is 1. The summed E-state index contributed by atoms with van der Waals surface area (Å²) in [5, 5.41) is 3.74. The van der Waals surface area contributed by atoms with Crippen LogP contribution in [0.3, 0.4) is 0 Å². The number of benzene rings is 2. The molecule has 6 nitrogen and oxygen atoms in total. The second kappa shape index (κ2) is 8.57. The van der Waals surface area contributed by atoms with Gasteiger partial charge in [-0.2, -0.15) is 0 Å². The molecule has 30 heavy (non-hydrogen) atoms. The largest absolute Gasteiger partial charge is 0.497 e. The van der Waals surface area contributed by atoms with Gasteiger partial charge in [0.05, 0.1) is 13.0 Å². The minimum atomic E-state index is -0.351. The van der Waals surface area contributed by atoms with Crippen molar-refractivity contribution >= 4 is 22.7 Å². The van der Waals surface area contributed by atoms with Crippen LogP contribution in [-0.2, 0) is 22.6 Å². The number of nitrogens with zero attached hydrogens (tertiary/aromatic N) is 1. The lowest BCUT2D eigenvalue weighted by Gasteiger charge is -2.16. The van der Waals surface area contributed by atoms with Crippen LogP contribution in [0.4, 0.5) is 4.39 Å². The van der Waals surface area contributed by atoms with Gasteiger partial charge in [0.2, 0.25) is 11.8 Å². The molecular weight excluding hydrogens is 385 g/mol. The van der Waals surface area contributed by atoms with E-state index in [4.69, 9.17) is 4.74 Å². The Morgan fingerprint density at radius 2 is 2.07 bits per heavy atom. The number of amides is 2. The van der Waals surface area contributed by atoms with Crippen LogP contribution in [0.15, 0.2) is 48.7 Å². The van der Waals surface area contributed by atoms with Crippen molar-refractivity contribution in [2.45, 2.75) is 19.4 Å². The highest BCUT2D eigenvalue weighted by Crippen LogP contribution is 2.23. The highest BCUT2D eigenvalue weighted by molar-refractivity contribution is 5.89. The van der Waals surface area contributed by atoms with Gasteiger partial charge in [-0.1, -0.05) is 12.1 Å². The van der Waals surface area contributed by atoms with E-state index in [0.29, 0.717) is 26.1 Å². The summed E-state index contributed by atoms with van der Waals surface area (Å²) in [7, 11) is 1.61. The number of hydrogen-bond acceptors (Lipinski definition) is 3. The molecule has 0 bridgehead atoms. The second-order valence-corrected chi connectivity index (χ2v) is 7.56. The van der Waals surface area contributed by atoms with Gasteiger partial charge < -0.3 is 19.9 Å². The Hall–Kier alpha value is -3.35. The van der Waals surface area contributed by atoms with Gasteiger partial charge in [0.15, 0.2) is 0 Å². The van der Waals surface area contributed by atoms with Crippen LogP contribution in [-0.4, -0.2) is 41.9 Å². The number of hydrogen-bond donors (Lipinski definition) is 2. The van der Waals surface area contributed by atoms with Crippen LogP contribution in [0.1, 0.15) is 17.5 Å². The van der Waals surface area contributed by atoms with Crippen molar-refractivity contribution in [3.05, 3.63) is 65.6 Å². The number of carbonyl (C=O) groups excluding carboxylic acids is 2. The van der Waals surface area contributed by atoms with E-state index in [1.807, 2.05) is 30.5 Å². The van der Waals surface area contributed by atoms with Gasteiger partial charge in [0, 0.05) is 43.2 Å². The summed E-state index contributed by atoms with van der Waals surface area (Å²) >= 11 is 0. The number of fused-ring (bicyclic) bond motifs is 1. The number of aromatic amines is 1. The van der Waals surface area contributed by atoms with E-state index in [1.54, 1.807) is 18.1 Å². The molecule has 4 rings (SSSR count). The molecule has 1 saturated heterocycles. The highest BCUT2D eigenvalue weighted by atomic mass is 19.1. The molecule has 3 aromatic rings. The second-order valence-electron chi connectivity index (χ2n) is 7.56. The summed E-state index contributed by atoms with van der Waals surface area (Å²) < 4.78 is 18.7. The smallest absolute Gasteiger partial charge is 0.225 e. The molecule has 1 aliphatic heterocycles. The molecule has 2 amide bonds. The zero-order chi connectivity index (χ0) is 21.1. The van der Waals surface area contributed by atoms with Gasteiger partial charge in [-0.25, -0.2) is 4.39 Å². The molecule has 2 N–H and O–H groups in total. The molecule has 0 aliphatic carbocycles. The number of carbonyl (C=O) groups is 2. The molecule has 2 heterocycles. The van der Waals surface area contributed by atoms with Crippen LogP contribution >= 0.6 is 0 Å². The maximum atomic E-state index is 13.5. The molecule has 0 unspecified atom stereocenters. The molecular formula is C23H24FN3O3. The van der Waals surface area contributed by atoms with Crippen molar-refractivity contribution in [1.82, 2.24) is 15.2 Å². The third-order valence-electron chi connectivity index (χ3n) is 5.59. The predicted molar refractivity (Wildman–Crippen MR) is 111 cm³/mol. The lowest BCUT2D eigenvalue weighted by molar-refractivity contribution is -0.129. The lowest BCUT2D eigenvalue weighted by Crippen LogP contribution is -2.33. The molecule has 1 atom stereocenters. The SMILES string of the molecule is COc1ccc(CNC(=O)[C@H]2CC(=O)N(CCc3c[nH]c4ccc(F)cc34)C2)cc1. The Bertz CT molecular complexity index is 1060. The highest BCUT2D eigenvalue weighted by Gasteiger charge is 2.33. The van der Waals surface area contributed by atoms with Crippen molar-refractivity contribution in [1.29, 1.82) is 0 Å². The lowest BCUT2D eigenvalue weighted by atomic mass is 10.1. The van der Waals surface area contributed by atoms with E-state index in [0.717, 1.165) is 27.8 Å². The zero-order valence-electron chi connectivity index (χ0n) is 16.8. The molecule has 156 valence electrons. The number of ether oxygens (including phenoxy) is 1. The van der Waals surface area contributed by atoms with Gasteiger partial charge in [-0.15, -0.1) is 0 Å². The predicted octanol–water partition coefficient (Wildman–Crippen LogP) is 3.02. The molecule has 1 fully saturated rings. The van der Waals surface area contributed by atoms with Crippen molar-refractivity contribution in [2.24, 2.45) is 5.92 Å². The fraction of sp³-hybridized carbons (Fsp3) is 0.304. The van der Waals surface area contributed by atoms with E-state index < -0.39 is 0 Å². The van der Waals surface area contributed by atoms with Crippen LogP contribution in [0, 0.1) is 11.7 Å². The molecule has 0 radical (unpaired) electrons. The number of rotatable bonds is 7. The first-order chi connectivity index (χ1) is 14.5. The molecule has 7 heteroatoms. The van der Waals surface area contributed by atoms with Crippen molar-refractivity contribution in [3.63, 3.8) is 0 Å². The van der Waals surface area contributed by atoms with E-state index >= 15 is 0 Å². The average molecular weight is 409 g/mol. The Morgan fingerprint density at radius 3 is 2.83 bits per heavy atom. The Kier molecular flexibility index (Phi) is 5.70. The van der Waals surface area contributed by atoms with Crippen molar-refractivity contribution in [2.75, 3.05) is 20.2 Å². The Labute approximate surface area is 174 Å². The fourth-order valence-corrected chi connectivity index (χ4v) is 3.85. The van der Waals surface area contributed by atoms with Crippen molar-refractivity contribution < 1.29 is 18.7 Å². The summed E-state index contributed by atoms with van der Waals surface area (Å²) in [6.07, 6.45) is 2.68. The van der Waals surface area contributed by atoms with E-state index in [2.05, 4.69) is 10.3 Å². The molecule has 0 saturated carbocycles. The number of methoxy groups -OCH3 is 1. The van der Waals surface area contributed by atoms with E-state index in [9.17, 15) is 14.0 Å². The van der Waals surface area contributed by atoms with Gasteiger partial charge in [-0.3, -0.25) is 9.59 Å². The van der Waals surface area contributed by atoms with Crippen LogP contribution in [0.5, 0.6) is 5.75 Å². The summed E-state index contributed by atoms with van der Waals surface area (Å²) in [6, 6.07) is 12.1. The van der Waals surface area contributed by atoms with Crippen LogP contribution < -0.4 is 10.1 Å². The van der Waals surface area contributed by atoms with E-state index in [1.165, 1.54) is 12.1 Å². The Balaban J connectivity index is 1.30. The third-order valence-corrected chi connectivity index (χ3v) is 5.59. The first-order valence-corrected chi connectivity index (χ1v) is 9.97. The third kappa shape index (κ3) is 4.30. The van der Waals surface area contributed by atoms with Crippen molar-refractivity contribution in [3.8, 4) is 5.75 Å². The monoisotopic (exact) mass is 409 g/mol. The molecule has 1 aromatic heterocycles. The zero-order valence-corrected chi connectivity index (χ0v) is 16.8. The van der Waals surface area contributed by atoms with Gasteiger partial charge in [0.1, 0.15) is 11.6 Å². The molecule has 2 aromatic carbocycles. The minimum Gasteiger partial charge on any atom is -0.497 e. The summed E-state index contributed by atoms with van der Waals surface area (Å²) in [4.78, 5) is 29.7. The minimum absolute atomic E-state index is 0.0226. The van der Waals surface area contributed by atoms with Gasteiger partial charge >= 0.3 is 0 Å². The van der Waals surface area contributed by atoms with E-state index in [-0.39, 0.29) is 30.0 Å². The normalized spacial score (nSPS) is 16.3. The first kappa shape index (κ1) is 19.9. The fourth-order valence-electron chi connectivity index (χ4n) is 3.85. The van der Waals surface area contributed by atoms with Crippen LogP contribution in [0.2, 0.25) is 0 Å². The Morgan fingerprint density at radius 1 is 1.27 bits per heavy atom. The summed E-state index contributed by atoms with van der Waals surface area (Å²) in [6.45, 7) is 1.32. The maximum absolute atomic E-state index is 13.5. The maximum Gasteiger partial charge on any atom is 0.225 e. The van der Waals surface area contributed by atoms with Gasteiger partial charge in [-0.05, 0) is 47.9 Å². The summed E-state index contributed by atoms with van der Waals surface area (Å²) in [5.74, 6) is -0.00754. The topological polar surface area (TPSA) is 74.4 Å². The van der Waals surface area contributed by atoms with Crippen LogP contribution in [0.25, 0.3) is 10.9 Å².